The number of ether oxygens (including phenoxy) is 1. The molecule has 7 heteroatoms. The highest BCUT2D eigenvalue weighted by atomic mass is 32.1. The van der Waals surface area contributed by atoms with Crippen LogP contribution in [0.25, 0.3) is 0 Å². The van der Waals surface area contributed by atoms with Crippen molar-refractivity contribution in [2.75, 3.05) is 19.7 Å². The number of hydrogen-bond acceptors (Lipinski definition) is 5. The molecule has 122 valence electrons. The maximum Gasteiger partial charge on any atom is 0.264 e. The highest BCUT2D eigenvalue weighted by molar-refractivity contribution is 7.14. The molecule has 1 aliphatic heterocycles. The molecule has 4 rings (SSSR count). The quantitative estimate of drug-likeness (QED) is 0.843. The molecule has 1 saturated heterocycles. The van der Waals surface area contributed by atoms with Crippen molar-refractivity contribution in [1.82, 2.24) is 19.7 Å². The van der Waals surface area contributed by atoms with Gasteiger partial charge in [-0.1, -0.05) is 0 Å². The Kier molecular flexibility index (Phi) is 3.90. The number of rotatable bonds is 2. The van der Waals surface area contributed by atoms with E-state index in [-0.39, 0.29) is 12.0 Å². The van der Waals surface area contributed by atoms with E-state index in [9.17, 15) is 4.79 Å². The van der Waals surface area contributed by atoms with Crippen molar-refractivity contribution in [2.45, 2.75) is 31.8 Å². The molecule has 2 aromatic rings. The van der Waals surface area contributed by atoms with Crippen LogP contribution in [0.4, 0.5) is 0 Å². The summed E-state index contributed by atoms with van der Waals surface area (Å²) in [5.74, 6) is 0.896. The molecule has 0 unspecified atom stereocenters. The summed E-state index contributed by atoms with van der Waals surface area (Å²) in [7, 11) is 1.90. The lowest BCUT2D eigenvalue weighted by Crippen LogP contribution is -2.42. The second-order valence-electron chi connectivity index (χ2n) is 6.18. The average Bonchev–Trinajstić information content (AvgIpc) is 3.20. The zero-order valence-electron chi connectivity index (χ0n) is 13.2. The zero-order valence-corrected chi connectivity index (χ0v) is 14.0. The molecular weight excluding hydrogens is 312 g/mol. The van der Waals surface area contributed by atoms with Crippen LogP contribution in [0, 0.1) is 0 Å². The second-order valence-corrected chi connectivity index (χ2v) is 7.31. The molecule has 1 aliphatic carbocycles. The summed E-state index contributed by atoms with van der Waals surface area (Å²) in [6.07, 6.45) is 6.18. The molecule has 23 heavy (non-hydrogen) atoms. The summed E-state index contributed by atoms with van der Waals surface area (Å²) in [5, 5.41) is 8.01. The van der Waals surface area contributed by atoms with Gasteiger partial charge in [0.2, 0.25) is 0 Å². The molecule has 0 radical (unpaired) electrons. The molecule has 0 bridgehead atoms. The Hall–Kier alpha value is -1.73. The van der Waals surface area contributed by atoms with Crippen LogP contribution in [0.1, 0.15) is 44.9 Å². The fourth-order valence-corrected chi connectivity index (χ4v) is 4.55. The second kappa shape index (κ2) is 6.05. The summed E-state index contributed by atoms with van der Waals surface area (Å²) in [5.41, 5.74) is 1.38. The predicted octanol–water partition coefficient (Wildman–Crippen LogP) is 1.97. The van der Waals surface area contributed by atoms with Crippen LogP contribution in [-0.2, 0) is 24.6 Å². The highest BCUT2D eigenvalue weighted by Gasteiger charge is 2.30. The average molecular weight is 332 g/mol. The molecule has 6 nitrogen and oxygen atoms in total. The van der Waals surface area contributed by atoms with E-state index in [1.165, 1.54) is 23.3 Å². The van der Waals surface area contributed by atoms with Gasteiger partial charge in [0.05, 0.1) is 18.0 Å². The Labute approximate surface area is 139 Å². The fourth-order valence-electron chi connectivity index (χ4n) is 3.33. The van der Waals surface area contributed by atoms with Gasteiger partial charge < -0.3 is 14.2 Å². The van der Waals surface area contributed by atoms with E-state index in [1.54, 1.807) is 17.7 Å². The summed E-state index contributed by atoms with van der Waals surface area (Å²) in [4.78, 5) is 17.0. The molecule has 3 heterocycles. The van der Waals surface area contributed by atoms with Crippen LogP contribution < -0.4 is 0 Å². The zero-order chi connectivity index (χ0) is 15.8. The largest absolute Gasteiger partial charge is 0.366 e. The Bertz CT molecular complexity index is 700. The van der Waals surface area contributed by atoms with E-state index in [2.05, 4.69) is 16.3 Å². The van der Waals surface area contributed by atoms with Gasteiger partial charge in [-0.05, 0) is 37.3 Å². The van der Waals surface area contributed by atoms with Crippen LogP contribution in [0.5, 0.6) is 0 Å². The van der Waals surface area contributed by atoms with Gasteiger partial charge in [0.1, 0.15) is 12.4 Å². The van der Waals surface area contributed by atoms with Crippen LogP contribution in [0.2, 0.25) is 0 Å². The van der Waals surface area contributed by atoms with Gasteiger partial charge in [-0.15, -0.1) is 21.5 Å². The first-order valence-corrected chi connectivity index (χ1v) is 8.90. The van der Waals surface area contributed by atoms with E-state index in [1.807, 2.05) is 16.5 Å². The van der Waals surface area contributed by atoms with E-state index < -0.39 is 0 Å². The predicted molar refractivity (Wildman–Crippen MR) is 86.6 cm³/mol. The van der Waals surface area contributed by atoms with Crippen molar-refractivity contribution >= 4 is 17.2 Å². The molecule has 0 aromatic carbocycles. The Balaban J connectivity index is 1.52. The number of carbonyl (C=O) groups excluding carboxylic acids is 1. The first-order chi connectivity index (χ1) is 11.2. The molecule has 0 spiro atoms. The maximum atomic E-state index is 12.9. The molecule has 0 N–H and O–H groups in total. The van der Waals surface area contributed by atoms with E-state index in [0.717, 1.165) is 23.5 Å². The van der Waals surface area contributed by atoms with Crippen LogP contribution >= 0.6 is 11.3 Å². The van der Waals surface area contributed by atoms with Crippen LogP contribution in [0.3, 0.4) is 0 Å². The minimum absolute atomic E-state index is 0.125. The molecule has 2 aliphatic rings. The topological polar surface area (TPSA) is 60.2 Å². The first-order valence-electron chi connectivity index (χ1n) is 8.09. The standard InChI is InChI=1S/C16H20N4O2S/c1-19-10-17-18-15(19)12-9-20(6-7-22-12)16(21)14-8-11-4-2-3-5-13(11)23-14/h8,10,12H,2-7,9H2,1H3/t12-/m1/s1. The number of aromatic nitrogens is 3. The van der Waals surface area contributed by atoms with Crippen molar-refractivity contribution < 1.29 is 9.53 Å². The third-order valence-corrected chi connectivity index (χ3v) is 5.82. The first kappa shape index (κ1) is 14.8. The molecular formula is C16H20N4O2S. The molecule has 2 aromatic heterocycles. The molecule has 1 fully saturated rings. The summed E-state index contributed by atoms with van der Waals surface area (Å²) in [6.45, 7) is 1.71. The maximum absolute atomic E-state index is 12.9. The minimum Gasteiger partial charge on any atom is -0.366 e. The Morgan fingerprint density at radius 2 is 2.26 bits per heavy atom. The summed E-state index contributed by atoms with van der Waals surface area (Å²) < 4.78 is 7.64. The lowest BCUT2D eigenvalue weighted by atomic mass is 9.99. The van der Waals surface area contributed by atoms with Crippen LogP contribution in [0.15, 0.2) is 12.4 Å². The molecule has 1 atom stereocenters. The normalized spacial score (nSPS) is 21.3. The number of nitrogens with zero attached hydrogens (tertiary/aromatic N) is 4. The lowest BCUT2D eigenvalue weighted by molar-refractivity contribution is -0.0279. The molecule has 1 amide bonds. The molecule has 0 saturated carbocycles. The van der Waals surface area contributed by atoms with Crippen molar-refractivity contribution in [3.8, 4) is 0 Å². The van der Waals surface area contributed by atoms with Crippen molar-refractivity contribution in [3.63, 3.8) is 0 Å². The van der Waals surface area contributed by atoms with Gasteiger partial charge in [-0.2, -0.15) is 0 Å². The van der Waals surface area contributed by atoms with Gasteiger partial charge in [0.15, 0.2) is 5.82 Å². The lowest BCUT2D eigenvalue weighted by Gasteiger charge is -2.32. The van der Waals surface area contributed by atoms with Gasteiger partial charge >= 0.3 is 0 Å². The Morgan fingerprint density at radius 3 is 3.04 bits per heavy atom. The number of thiophene rings is 1. The fraction of sp³-hybridized carbons (Fsp3) is 0.562. The number of aryl methyl sites for hydroxylation is 3. The number of fused-ring (bicyclic) bond motifs is 1. The van der Waals surface area contributed by atoms with Gasteiger partial charge in [0.25, 0.3) is 5.91 Å². The number of hydrogen-bond donors (Lipinski definition) is 0. The van der Waals surface area contributed by atoms with E-state index >= 15 is 0 Å². The van der Waals surface area contributed by atoms with Gasteiger partial charge in [-0.25, -0.2) is 0 Å². The Morgan fingerprint density at radius 1 is 1.39 bits per heavy atom. The van der Waals surface area contributed by atoms with Gasteiger partial charge in [0, 0.05) is 18.5 Å². The van der Waals surface area contributed by atoms with Crippen molar-refractivity contribution in [1.29, 1.82) is 0 Å². The summed E-state index contributed by atoms with van der Waals surface area (Å²) >= 11 is 1.67. The van der Waals surface area contributed by atoms with Crippen molar-refractivity contribution in [3.05, 3.63) is 33.5 Å². The van der Waals surface area contributed by atoms with Crippen LogP contribution in [-0.4, -0.2) is 45.3 Å². The monoisotopic (exact) mass is 332 g/mol. The smallest absolute Gasteiger partial charge is 0.264 e. The number of amides is 1. The van der Waals surface area contributed by atoms with E-state index in [0.29, 0.717) is 19.7 Å². The number of carbonyl (C=O) groups is 1. The SMILES string of the molecule is Cn1cnnc1[C@H]1CN(C(=O)c2cc3c(s2)CCCC3)CCO1. The third-order valence-electron chi connectivity index (χ3n) is 4.60. The highest BCUT2D eigenvalue weighted by Crippen LogP contribution is 2.31. The van der Waals surface area contributed by atoms with Gasteiger partial charge in [-0.3, -0.25) is 4.79 Å². The minimum atomic E-state index is -0.199. The summed E-state index contributed by atoms with van der Waals surface area (Å²) in [6, 6.07) is 2.11. The number of morpholine rings is 1. The van der Waals surface area contributed by atoms with E-state index in [4.69, 9.17) is 4.74 Å². The third kappa shape index (κ3) is 2.79. The van der Waals surface area contributed by atoms with Crippen molar-refractivity contribution in [2.24, 2.45) is 7.05 Å².